The molecule has 0 unspecified atom stereocenters. The SMILES string of the molecule is CCC1(CNC(=O)c2cc(Cl)c(C)c(S(N)(=O)=O)c2)CC1. The number of sulfonamides is 1. The molecule has 1 aliphatic rings. The predicted octanol–water partition coefficient (Wildman–Crippen LogP) is 2.22. The van der Waals surface area contributed by atoms with Crippen molar-refractivity contribution in [3.63, 3.8) is 0 Å². The lowest BCUT2D eigenvalue weighted by molar-refractivity contribution is 0.0944. The van der Waals surface area contributed by atoms with Crippen LogP contribution in [0.4, 0.5) is 0 Å². The molecule has 1 saturated carbocycles. The summed E-state index contributed by atoms with van der Waals surface area (Å²) in [5, 5.41) is 8.21. The molecule has 21 heavy (non-hydrogen) atoms. The number of nitrogens with one attached hydrogen (secondary N) is 1. The Morgan fingerprint density at radius 2 is 2.05 bits per heavy atom. The Kier molecular flexibility index (Phi) is 4.33. The third kappa shape index (κ3) is 3.56. The van der Waals surface area contributed by atoms with Gasteiger partial charge in [-0.05, 0) is 49.3 Å². The third-order valence-electron chi connectivity index (χ3n) is 4.20. The Morgan fingerprint density at radius 3 is 2.52 bits per heavy atom. The molecule has 0 aliphatic heterocycles. The van der Waals surface area contributed by atoms with Crippen LogP contribution >= 0.6 is 11.6 Å². The number of hydrogen-bond donors (Lipinski definition) is 2. The molecule has 0 radical (unpaired) electrons. The summed E-state index contributed by atoms with van der Waals surface area (Å²) in [6.45, 7) is 4.25. The summed E-state index contributed by atoms with van der Waals surface area (Å²) in [7, 11) is -3.91. The summed E-state index contributed by atoms with van der Waals surface area (Å²) in [6, 6.07) is 2.74. The highest BCUT2D eigenvalue weighted by Gasteiger charge is 2.40. The van der Waals surface area contributed by atoms with Crippen LogP contribution in [0.1, 0.15) is 42.1 Å². The molecule has 1 fully saturated rings. The van der Waals surface area contributed by atoms with Crippen molar-refractivity contribution in [1.82, 2.24) is 5.32 Å². The molecule has 0 atom stereocenters. The fourth-order valence-corrected chi connectivity index (χ4v) is 3.39. The lowest BCUT2D eigenvalue weighted by Gasteiger charge is -2.14. The lowest BCUT2D eigenvalue weighted by atomic mass is 10.0. The first-order valence-electron chi connectivity index (χ1n) is 6.80. The third-order valence-corrected chi connectivity index (χ3v) is 5.63. The normalized spacial score (nSPS) is 16.6. The van der Waals surface area contributed by atoms with E-state index in [1.807, 2.05) is 0 Å². The van der Waals surface area contributed by atoms with Crippen LogP contribution in [0.25, 0.3) is 0 Å². The second-order valence-electron chi connectivity index (χ2n) is 5.66. The minimum Gasteiger partial charge on any atom is -0.351 e. The standard InChI is InChI=1S/C14H19ClN2O3S/c1-3-14(4-5-14)8-17-13(18)10-6-11(15)9(2)12(7-10)21(16,19)20/h6-7H,3-5,8H2,1-2H3,(H,17,18)(H2,16,19,20). The number of rotatable bonds is 5. The van der Waals surface area contributed by atoms with Gasteiger partial charge in [-0.3, -0.25) is 4.79 Å². The van der Waals surface area contributed by atoms with Gasteiger partial charge in [0, 0.05) is 17.1 Å². The number of primary sulfonamides is 1. The maximum Gasteiger partial charge on any atom is 0.251 e. The Balaban J connectivity index is 2.24. The Hall–Kier alpha value is -1.11. The fraction of sp³-hybridized carbons (Fsp3) is 0.500. The summed E-state index contributed by atoms with van der Waals surface area (Å²) >= 11 is 6.00. The van der Waals surface area contributed by atoms with Crippen LogP contribution in [0, 0.1) is 12.3 Å². The van der Waals surface area contributed by atoms with Gasteiger partial charge in [0.2, 0.25) is 10.0 Å². The molecule has 116 valence electrons. The van der Waals surface area contributed by atoms with Crippen molar-refractivity contribution >= 4 is 27.5 Å². The summed E-state index contributed by atoms with van der Waals surface area (Å²) < 4.78 is 23.1. The van der Waals surface area contributed by atoms with Gasteiger partial charge in [-0.1, -0.05) is 18.5 Å². The number of benzene rings is 1. The van der Waals surface area contributed by atoms with Crippen molar-refractivity contribution in [2.75, 3.05) is 6.54 Å². The molecule has 1 amide bonds. The minimum atomic E-state index is -3.91. The quantitative estimate of drug-likeness (QED) is 0.867. The van der Waals surface area contributed by atoms with Crippen molar-refractivity contribution in [2.45, 2.75) is 38.0 Å². The maximum atomic E-state index is 12.2. The summed E-state index contributed by atoms with van der Waals surface area (Å²) in [6.07, 6.45) is 3.24. The Morgan fingerprint density at radius 1 is 1.43 bits per heavy atom. The van der Waals surface area contributed by atoms with E-state index in [0.29, 0.717) is 12.1 Å². The maximum absolute atomic E-state index is 12.2. The molecule has 1 aromatic rings. The molecule has 5 nitrogen and oxygen atoms in total. The van der Waals surface area contributed by atoms with Crippen LogP contribution < -0.4 is 10.5 Å². The second kappa shape index (κ2) is 5.59. The van der Waals surface area contributed by atoms with Crippen LogP contribution in [0.5, 0.6) is 0 Å². The molecule has 7 heteroatoms. The lowest BCUT2D eigenvalue weighted by Crippen LogP contribution is -2.30. The van der Waals surface area contributed by atoms with Gasteiger partial charge < -0.3 is 5.32 Å². The van der Waals surface area contributed by atoms with Gasteiger partial charge >= 0.3 is 0 Å². The smallest absolute Gasteiger partial charge is 0.251 e. The van der Waals surface area contributed by atoms with Crippen LogP contribution in [0.3, 0.4) is 0 Å². The van der Waals surface area contributed by atoms with E-state index < -0.39 is 10.0 Å². The molecule has 0 heterocycles. The van der Waals surface area contributed by atoms with E-state index in [1.54, 1.807) is 6.92 Å². The predicted molar refractivity (Wildman–Crippen MR) is 81.9 cm³/mol. The molecule has 0 spiro atoms. The van der Waals surface area contributed by atoms with Gasteiger partial charge in [0.15, 0.2) is 0 Å². The van der Waals surface area contributed by atoms with E-state index in [4.69, 9.17) is 16.7 Å². The van der Waals surface area contributed by atoms with Crippen LogP contribution in [0.2, 0.25) is 5.02 Å². The average molecular weight is 331 g/mol. The Labute approximate surface area is 129 Å². The molecular weight excluding hydrogens is 312 g/mol. The topological polar surface area (TPSA) is 89.3 Å². The monoisotopic (exact) mass is 330 g/mol. The highest BCUT2D eigenvalue weighted by Crippen LogP contribution is 2.47. The Bertz CT molecular complexity index is 682. The van der Waals surface area contributed by atoms with Crippen molar-refractivity contribution < 1.29 is 13.2 Å². The number of amides is 1. The molecule has 2 rings (SSSR count). The first-order valence-corrected chi connectivity index (χ1v) is 8.72. The largest absolute Gasteiger partial charge is 0.351 e. The van der Waals surface area contributed by atoms with Gasteiger partial charge in [0.1, 0.15) is 0 Å². The second-order valence-corrected chi connectivity index (χ2v) is 7.60. The van der Waals surface area contributed by atoms with Crippen molar-refractivity contribution in [1.29, 1.82) is 0 Å². The molecular formula is C14H19ClN2O3S. The highest BCUT2D eigenvalue weighted by molar-refractivity contribution is 7.89. The first kappa shape index (κ1) is 16.3. The number of hydrogen-bond acceptors (Lipinski definition) is 3. The molecule has 3 N–H and O–H groups in total. The molecule has 0 bridgehead atoms. The zero-order valence-corrected chi connectivity index (χ0v) is 13.6. The van der Waals surface area contributed by atoms with E-state index >= 15 is 0 Å². The molecule has 1 aliphatic carbocycles. The van der Waals surface area contributed by atoms with E-state index in [-0.39, 0.29) is 26.8 Å². The summed E-state index contributed by atoms with van der Waals surface area (Å²) in [5.41, 5.74) is 0.775. The van der Waals surface area contributed by atoms with E-state index in [9.17, 15) is 13.2 Å². The first-order chi connectivity index (χ1) is 9.68. The van der Waals surface area contributed by atoms with Gasteiger partial charge in [-0.25, -0.2) is 13.6 Å². The van der Waals surface area contributed by atoms with Gasteiger partial charge in [-0.2, -0.15) is 0 Å². The minimum absolute atomic E-state index is 0.114. The number of nitrogens with two attached hydrogens (primary N) is 1. The molecule has 0 saturated heterocycles. The summed E-state index contributed by atoms with van der Waals surface area (Å²) in [4.78, 5) is 12.1. The van der Waals surface area contributed by atoms with Gasteiger partial charge in [0.25, 0.3) is 5.91 Å². The zero-order chi connectivity index (χ0) is 15.8. The van der Waals surface area contributed by atoms with E-state index in [0.717, 1.165) is 19.3 Å². The summed E-state index contributed by atoms with van der Waals surface area (Å²) in [5.74, 6) is -0.332. The van der Waals surface area contributed by atoms with Crippen molar-refractivity contribution in [3.05, 3.63) is 28.3 Å². The van der Waals surface area contributed by atoms with Crippen LogP contribution in [-0.2, 0) is 10.0 Å². The van der Waals surface area contributed by atoms with Crippen LogP contribution in [-0.4, -0.2) is 20.9 Å². The van der Waals surface area contributed by atoms with Crippen molar-refractivity contribution in [3.8, 4) is 0 Å². The van der Waals surface area contributed by atoms with E-state index in [2.05, 4.69) is 12.2 Å². The average Bonchev–Trinajstić information content (AvgIpc) is 3.18. The van der Waals surface area contributed by atoms with Crippen molar-refractivity contribution in [2.24, 2.45) is 10.6 Å². The number of carbonyl (C=O) groups excluding carboxylic acids is 1. The molecule has 0 aromatic heterocycles. The number of halogens is 1. The van der Waals surface area contributed by atoms with Crippen LogP contribution in [0.15, 0.2) is 17.0 Å². The van der Waals surface area contributed by atoms with Gasteiger partial charge in [-0.15, -0.1) is 0 Å². The fourth-order valence-electron chi connectivity index (χ4n) is 2.28. The van der Waals surface area contributed by atoms with E-state index in [1.165, 1.54) is 12.1 Å². The number of carbonyl (C=O) groups is 1. The highest BCUT2D eigenvalue weighted by atomic mass is 35.5. The molecule has 1 aromatic carbocycles. The van der Waals surface area contributed by atoms with Gasteiger partial charge in [0.05, 0.1) is 4.90 Å². The zero-order valence-electron chi connectivity index (χ0n) is 12.1.